The van der Waals surface area contributed by atoms with Gasteiger partial charge in [-0.3, -0.25) is 0 Å². The Hall–Kier alpha value is -5.80. The molecule has 46 heavy (non-hydrogen) atoms. The van der Waals surface area contributed by atoms with Gasteiger partial charge in [0.05, 0.1) is 22.4 Å². The molecule has 0 atom stereocenters. The van der Waals surface area contributed by atoms with Crippen LogP contribution in [0.5, 0.6) is 0 Å². The fourth-order valence-corrected chi connectivity index (χ4v) is 7.35. The lowest BCUT2D eigenvalue weighted by Gasteiger charge is -2.24. The van der Waals surface area contributed by atoms with Crippen molar-refractivity contribution in [1.82, 2.24) is 14.5 Å². The van der Waals surface area contributed by atoms with Crippen molar-refractivity contribution in [2.75, 3.05) is 0 Å². The largest absolute Gasteiger partial charge is 0.309 e. The lowest BCUT2D eigenvalue weighted by molar-refractivity contribution is 0.658. The number of hydrogen-bond acceptors (Lipinski definition) is 2. The van der Waals surface area contributed by atoms with Crippen molar-refractivity contribution < 1.29 is 0 Å². The summed E-state index contributed by atoms with van der Waals surface area (Å²) in [5.74, 6) is 0.756. The van der Waals surface area contributed by atoms with E-state index in [0.29, 0.717) is 0 Å². The number of hydrogen-bond donors (Lipinski definition) is 0. The number of aromatic nitrogens is 3. The summed E-state index contributed by atoms with van der Waals surface area (Å²) in [6.45, 7) is 4.62. The average Bonchev–Trinajstić information content (AvgIpc) is 3.57. The first kappa shape index (κ1) is 26.6. The van der Waals surface area contributed by atoms with Gasteiger partial charge in [-0.05, 0) is 47.0 Å². The molecular weight excluding hydrogens is 558 g/mol. The summed E-state index contributed by atoms with van der Waals surface area (Å²) in [5.41, 5.74) is 13.5. The molecule has 8 aromatic rings. The van der Waals surface area contributed by atoms with E-state index in [4.69, 9.17) is 9.97 Å². The molecule has 6 aromatic carbocycles. The molecule has 0 spiro atoms. The second kappa shape index (κ2) is 10.1. The van der Waals surface area contributed by atoms with E-state index in [1.165, 1.54) is 49.6 Å². The Labute approximate surface area is 268 Å². The summed E-state index contributed by atoms with van der Waals surface area (Å²) >= 11 is 0. The highest BCUT2D eigenvalue weighted by Crippen LogP contribution is 2.52. The third kappa shape index (κ3) is 3.98. The highest BCUT2D eigenvalue weighted by atomic mass is 15.0. The Kier molecular flexibility index (Phi) is 5.85. The normalized spacial score (nSPS) is 13.2. The molecule has 0 unspecified atom stereocenters. The van der Waals surface area contributed by atoms with Crippen molar-refractivity contribution in [3.63, 3.8) is 0 Å². The van der Waals surface area contributed by atoms with Crippen LogP contribution in [-0.2, 0) is 5.41 Å². The highest BCUT2D eigenvalue weighted by Gasteiger charge is 2.40. The van der Waals surface area contributed by atoms with Gasteiger partial charge >= 0.3 is 0 Å². The molecule has 0 amide bonds. The third-order valence-corrected chi connectivity index (χ3v) is 9.60. The van der Waals surface area contributed by atoms with Crippen LogP contribution in [0.3, 0.4) is 0 Å². The van der Waals surface area contributed by atoms with E-state index in [2.05, 4.69) is 152 Å². The predicted molar refractivity (Wildman–Crippen MR) is 190 cm³/mol. The van der Waals surface area contributed by atoms with E-state index in [1.807, 2.05) is 18.2 Å². The van der Waals surface area contributed by atoms with Crippen LogP contribution in [0.15, 0.2) is 152 Å². The number of fused-ring (bicyclic) bond motifs is 6. The van der Waals surface area contributed by atoms with Gasteiger partial charge in [0.2, 0.25) is 0 Å². The van der Waals surface area contributed by atoms with E-state index >= 15 is 0 Å². The Morgan fingerprint density at radius 2 is 1.02 bits per heavy atom. The van der Waals surface area contributed by atoms with Crippen molar-refractivity contribution in [1.29, 1.82) is 0 Å². The van der Waals surface area contributed by atoms with Crippen LogP contribution in [0.1, 0.15) is 25.0 Å². The minimum absolute atomic E-state index is 0.274. The van der Waals surface area contributed by atoms with E-state index in [-0.39, 0.29) is 5.41 Å². The molecule has 2 aromatic heterocycles. The topological polar surface area (TPSA) is 30.7 Å². The van der Waals surface area contributed by atoms with Gasteiger partial charge in [-0.2, -0.15) is 0 Å². The Balaban J connectivity index is 1.16. The van der Waals surface area contributed by atoms with Crippen LogP contribution in [0.4, 0.5) is 0 Å². The molecule has 3 nitrogen and oxygen atoms in total. The summed E-state index contributed by atoms with van der Waals surface area (Å²) in [6.07, 6.45) is 0. The molecule has 3 heteroatoms. The Bertz CT molecular complexity index is 2370. The molecule has 0 bridgehead atoms. The fourth-order valence-electron chi connectivity index (χ4n) is 7.35. The number of rotatable bonds is 4. The monoisotopic (exact) mass is 589 g/mol. The molecule has 1 aliphatic rings. The molecule has 9 rings (SSSR count). The van der Waals surface area contributed by atoms with Crippen molar-refractivity contribution in [2.45, 2.75) is 19.3 Å². The standard InChI is InChI=1S/C43H31N3/c1-43(2)36-27-31(28-21-24-32(25-22-28)46-37-19-11-9-17-33(37)34-18-10-12-20-38(34)46)23-26-35(36)41-39(43)40(29-13-5-3-6-14-29)44-42(45-41)30-15-7-4-8-16-30/h3-27H,1-2H3. The molecule has 0 saturated carbocycles. The van der Waals surface area contributed by atoms with E-state index in [0.717, 1.165) is 34.0 Å². The third-order valence-electron chi connectivity index (χ3n) is 9.60. The second-order valence-corrected chi connectivity index (χ2v) is 12.7. The molecule has 0 saturated heterocycles. The molecular formula is C43H31N3. The van der Waals surface area contributed by atoms with Gasteiger partial charge in [-0.1, -0.05) is 135 Å². The molecule has 0 N–H and O–H groups in total. The molecule has 0 aliphatic heterocycles. The van der Waals surface area contributed by atoms with Gasteiger partial charge in [0.1, 0.15) is 0 Å². The molecule has 0 fully saturated rings. The van der Waals surface area contributed by atoms with Gasteiger partial charge in [0.15, 0.2) is 5.82 Å². The van der Waals surface area contributed by atoms with Crippen LogP contribution in [0, 0.1) is 0 Å². The smallest absolute Gasteiger partial charge is 0.160 e. The van der Waals surface area contributed by atoms with Gasteiger partial charge in [0, 0.05) is 44.1 Å². The molecule has 2 heterocycles. The van der Waals surface area contributed by atoms with E-state index in [9.17, 15) is 0 Å². The van der Waals surface area contributed by atoms with Crippen LogP contribution < -0.4 is 0 Å². The number of nitrogens with zero attached hydrogens (tertiary/aromatic N) is 3. The zero-order valence-electron chi connectivity index (χ0n) is 25.8. The maximum Gasteiger partial charge on any atom is 0.160 e. The summed E-state index contributed by atoms with van der Waals surface area (Å²) in [7, 11) is 0. The maximum absolute atomic E-state index is 5.22. The number of para-hydroxylation sites is 2. The van der Waals surface area contributed by atoms with Crippen LogP contribution >= 0.6 is 0 Å². The quantitative estimate of drug-likeness (QED) is 0.204. The summed E-state index contributed by atoms with van der Waals surface area (Å²) < 4.78 is 2.37. The molecule has 218 valence electrons. The van der Waals surface area contributed by atoms with Gasteiger partial charge in [0.25, 0.3) is 0 Å². The Morgan fingerprint density at radius 3 is 1.67 bits per heavy atom. The minimum Gasteiger partial charge on any atom is -0.309 e. The first-order chi connectivity index (χ1) is 22.6. The van der Waals surface area contributed by atoms with Crippen LogP contribution in [0.2, 0.25) is 0 Å². The Morgan fingerprint density at radius 1 is 0.478 bits per heavy atom. The van der Waals surface area contributed by atoms with Crippen molar-refractivity contribution in [3.05, 3.63) is 163 Å². The fraction of sp³-hybridized carbons (Fsp3) is 0.0698. The first-order valence-electron chi connectivity index (χ1n) is 15.9. The highest BCUT2D eigenvalue weighted by molar-refractivity contribution is 6.09. The van der Waals surface area contributed by atoms with Gasteiger partial charge in [-0.15, -0.1) is 0 Å². The zero-order valence-corrected chi connectivity index (χ0v) is 25.8. The van der Waals surface area contributed by atoms with Crippen LogP contribution in [-0.4, -0.2) is 14.5 Å². The van der Waals surface area contributed by atoms with Crippen molar-refractivity contribution >= 4 is 21.8 Å². The first-order valence-corrected chi connectivity index (χ1v) is 15.9. The molecule has 0 radical (unpaired) electrons. The van der Waals surface area contributed by atoms with E-state index in [1.54, 1.807) is 0 Å². The van der Waals surface area contributed by atoms with Crippen LogP contribution in [0.25, 0.3) is 72.5 Å². The second-order valence-electron chi connectivity index (χ2n) is 12.7. The summed E-state index contributed by atoms with van der Waals surface area (Å²) in [5, 5.41) is 2.55. The van der Waals surface area contributed by atoms with Crippen molar-refractivity contribution in [2.24, 2.45) is 0 Å². The minimum atomic E-state index is -0.274. The van der Waals surface area contributed by atoms with E-state index < -0.39 is 0 Å². The lowest BCUT2D eigenvalue weighted by atomic mass is 9.80. The summed E-state index contributed by atoms with van der Waals surface area (Å²) in [6, 6.07) is 54.0. The SMILES string of the molecule is CC1(C)c2cc(-c3ccc(-n4c5ccccc5c5ccccc54)cc3)ccc2-c2nc(-c3ccccc3)nc(-c3ccccc3)c21. The average molecular weight is 590 g/mol. The predicted octanol–water partition coefficient (Wildman–Crippen LogP) is 10.9. The maximum atomic E-state index is 5.22. The van der Waals surface area contributed by atoms with Gasteiger partial charge in [-0.25, -0.2) is 9.97 Å². The van der Waals surface area contributed by atoms with Crippen molar-refractivity contribution in [3.8, 4) is 50.7 Å². The molecule has 1 aliphatic carbocycles. The summed E-state index contributed by atoms with van der Waals surface area (Å²) in [4.78, 5) is 10.4. The zero-order chi connectivity index (χ0) is 30.8. The number of benzene rings is 6. The lowest BCUT2D eigenvalue weighted by Crippen LogP contribution is -2.17. The van der Waals surface area contributed by atoms with Gasteiger partial charge < -0.3 is 4.57 Å².